The lowest BCUT2D eigenvalue weighted by atomic mass is 10.2. The minimum absolute atomic E-state index is 0.304. The number of nitrogens with zero attached hydrogens (tertiary/aromatic N) is 1. The molecular weight excluding hydrogens is 297 g/mol. The Kier molecular flexibility index (Phi) is 5.68. The molecule has 2 N–H and O–H groups in total. The molecule has 0 aromatic heterocycles. The van der Waals surface area contributed by atoms with E-state index in [0.717, 1.165) is 0 Å². The Balaban J connectivity index is 1.94. The number of para-hydroxylation sites is 2. The van der Waals surface area contributed by atoms with Gasteiger partial charge < -0.3 is 10.1 Å². The molecule has 5 nitrogen and oxygen atoms in total. The number of carbonyl (C=O) groups is 1. The number of halogens is 1. The normalized spacial score (nSPS) is 12.0. The van der Waals surface area contributed by atoms with Gasteiger partial charge in [0.05, 0.1) is 19.0 Å². The predicted molar refractivity (Wildman–Crippen MR) is 88.2 cm³/mol. The molecule has 0 aliphatic carbocycles. The molecule has 6 heteroatoms. The van der Waals surface area contributed by atoms with Crippen LogP contribution in [0, 0.1) is 5.82 Å². The third-order valence-corrected chi connectivity index (χ3v) is 3.16. The van der Waals surface area contributed by atoms with Gasteiger partial charge in [0.2, 0.25) is 0 Å². The second-order valence-corrected chi connectivity index (χ2v) is 4.82. The number of ether oxygens (including phenoxy) is 1. The number of nitrogens with one attached hydrogen (secondary N) is 2. The molecule has 0 spiro atoms. The lowest BCUT2D eigenvalue weighted by Crippen LogP contribution is -2.35. The number of methoxy groups -OCH3 is 1. The molecule has 1 unspecified atom stereocenters. The van der Waals surface area contributed by atoms with Crippen LogP contribution in [0.2, 0.25) is 0 Å². The van der Waals surface area contributed by atoms with Crippen molar-refractivity contribution in [3.05, 3.63) is 59.9 Å². The summed E-state index contributed by atoms with van der Waals surface area (Å²) in [7, 11) is 1.56. The molecule has 2 aromatic carbocycles. The minimum atomic E-state index is -0.538. The highest BCUT2D eigenvalue weighted by Crippen LogP contribution is 2.23. The van der Waals surface area contributed by atoms with Crippen molar-refractivity contribution in [1.82, 2.24) is 5.43 Å². The number of amides is 1. The van der Waals surface area contributed by atoms with Crippen molar-refractivity contribution < 1.29 is 13.9 Å². The third-order valence-electron chi connectivity index (χ3n) is 3.16. The summed E-state index contributed by atoms with van der Waals surface area (Å²) in [5.74, 6) is -0.101. The van der Waals surface area contributed by atoms with Crippen LogP contribution < -0.4 is 15.5 Å². The standard InChI is InChI=1S/C17H18FN3O2/c1-12(20-15-9-5-6-10-16(15)23-2)17(22)21-19-11-13-7-3-4-8-14(13)18/h3-12,20H,1-2H3,(H,21,22)/b19-11+. The molecule has 0 radical (unpaired) electrons. The fraction of sp³-hybridized carbons (Fsp3) is 0.176. The number of hydrazone groups is 1. The van der Waals surface area contributed by atoms with Crippen molar-refractivity contribution in [3.63, 3.8) is 0 Å². The predicted octanol–water partition coefficient (Wildman–Crippen LogP) is 2.79. The molecule has 0 saturated carbocycles. The van der Waals surface area contributed by atoms with Crippen LogP contribution in [0.15, 0.2) is 53.6 Å². The zero-order valence-electron chi connectivity index (χ0n) is 12.9. The summed E-state index contributed by atoms with van der Waals surface area (Å²) < 4.78 is 18.6. The van der Waals surface area contributed by atoms with Crippen molar-refractivity contribution >= 4 is 17.8 Å². The molecule has 0 aliphatic rings. The largest absolute Gasteiger partial charge is 0.495 e. The van der Waals surface area contributed by atoms with Crippen molar-refractivity contribution in [1.29, 1.82) is 0 Å². The number of rotatable bonds is 6. The monoisotopic (exact) mass is 315 g/mol. The van der Waals surface area contributed by atoms with Crippen LogP contribution in [-0.2, 0) is 4.79 Å². The van der Waals surface area contributed by atoms with E-state index in [4.69, 9.17) is 4.74 Å². The Morgan fingerprint density at radius 1 is 1.22 bits per heavy atom. The first-order valence-electron chi connectivity index (χ1n) is 7.09. The van der Waals surface area contributed by atoms with E-state index in [0.29, 0.717) is 17.0 Å². The highest BCUT2D eigenvalue weighted by molar-refractivity contribution is 5.86. The Bertz CT molecular complexity index is 704. The number of anilines is 1. The van der Waals surface area contributed by atoms with E-state index in [1.807, 2.05) is 18.2 Å². The second-order valence-electron chi connectivity index (χ2n) is 4.82. The molecule has 0 saturated heterocycles. The van der Waals surface area contributed by atoms with E-state index in [2.05, 4.69) is 15.8 Å². The fourth-order valence-corrected chi connectivity index (χ4v) is 1.90. The van der Waals surface area contributed by atoms with Crippen molar-refractivity contribution in [2.45, 2.75) is 13.0 Å². The summed E-state index contributed by atoms with van der Waals surface area (Å²) in [4.78, 5) is 12.0. The molecule has 23 heavy (non-hydrogen) atoms. The lowest BCUT2D eigenvalue weighted by Gasteiger charge is -2.15. The van der Waals surface area contributed by atoms with Gasteiger partial charge in [-0.25, -0.2) is 9.82 Å². The summed E-state index contributed by atoms with van der Waals surface area (Å²) in [5, 5.41) is 6.81. The van der Waals surface area contributed by atoms with Crippen LogP contribution in [0.5, 0.6) is 5.75 Å². The number of carbonyl (C=O) groups excluding carboxylic acids is 1. The van der Waals surface area contributed by atoms with E-state index in [1.54, 1.807) is 38.3 Å². The maximum absolute atomic E-state index is 13.4. The Morgan fingerprint density at radius 3 is 2.65 bits per heavy atom. The smallest absolute Gasteiger partial charge is 0.262 e. The van der Waals surface area contributed by atoms with E-state index >= 15 is 0 Å². The van der Waals surface area contributed by atoms with Gasteiger partial charge in [0.1, 0.15) is 17.6 Å². The summed E-state index contributed by atoms with van der Waals surface area (Å²) in [6.07, 6.45) is 1.27. The van der Waals surface area contributed by atoms with Crippen LogP contribution in [0.25, 0.3) is 0 Å². The summed E-state index contributed by atoms with van der Waals surface area (Å²) in [5.41, 5.74) is 3.38. The zero-order valence-corrected chi connectivity index (χ0v) is 12.9. The van der Waals surface area contributed by atoms with E-state index in [-0.39, 0.29) is 5.91 Å². The van der Waals surface area contributed by atoms with Crippen LogP contribution in [-0.4, -0.2) is 25.3 Å². The maximum atomic E-state index is 13.4. The van der Waals surface area contributed by atoms with Gasteiger partial charge in [0, 0.05) is 5.56 Å². The first-order valence-corrected chi connectivity index (χ1v) is 7.09. The Morgan fingerprint density at radius 2 is 1.91 bits per heavy atom. The Hall–Kier alpha value is -2.89. The van der Waals surface area contributed by atoms with E-state index < -0.39 is 11.9 Å². The molecule has 2 rings (SSSR count). The molecule has 120 valence electrons. The minimum Gasteiger partial charge on any atom is -0.495 e. The van der Waals surface area contributed by atoms with Gasteiger partial charge in [-0.2, -0.15) is 5.10 Å². The average Bonchev–Trinajstić information content (AvgIpc) is 2.57. The summed E-state index contributed by atoms with van der Waals surface area (Å²) in [6, 6.07) is 12.9. The van der Waals surface area contributed by atoms with Gasteiger partial charge in [-0.3, -0.25) is 4.79 Å². The van der Waals surface area contributed by atoms with Gasteiger partial charge >= 0.3 is 0 Å². The van der Waals surface area contributed by atoms with E-state index in [1.165, 1.54) is 12.3 Å². The average molecular weight is 315 g/mol. The Labute approximate surface area is 134 Å². The number of benzene rings is 2. The highest BCUT2D eigenvalue weighted by Gasteiger charge is 2.13. The zero-order chi connectivity index (χ0) is 16.7. The molecule has 0 bridgehead atoms. The molecule has 2 aromatic rings. The second kappa shape index (κ2) is 7.93. The topological polar surface area (TPSA) is 62.7 Å². The van der Waals surface area contributed by atoms with Gasteiger partial charge in [-0.1, -0.05) is 30.3 Å². The van der Waals surface area contributed by atoms with Crippen LogP contribution in [0.1, 0.15) is 12.5 Å². The van der Waals surface area contributed by atoms with Gasteiger partial charge in [0.25, 0.3) is 5.91 Å². The number of hydrogen-bond acceptors (Lipinski definition) is 4. The third kappa shape index (κ3) is 4.54. The van der Waals surface area contributed by atoms with Crippen molar-refractivity contribution in [2.24, 2.45) is 5.10 Å². The molecule has 0 aliphatic heterocycles. The number of hydrogen-bond donors (Lipinski definition) is 2. The summed E-state index contributed by atoms with van der Waals surface area (Å²) >= 11 is 0. The lowest BCUT2D eigenvalue weighted by molar-refractivity contribution is -0.121. The molecular formula is C17H18FN3O2. The first-order chi connectivity index (χ1) is 11.1. The van der Waals surface area contributed by atoms with Gasteiger partial charge in [-0.15, -0.1) is 0 Å². The van der Waals surface area contributed by atoms with Gasteiger partial charge in [0.15, 0.2) is 0 Å². The molecule has 0 heterocycles. The fourth-order valence-electron chi connectivity index (χ4n) is 1.90. The molecule has 1 amide bonds. The SMILES string of the molecule is COc1ccccc1NC(C)C(=O)N/N=C/c1ccccc1F. The van der Waals surface area contributed by atoms with Gasteiger partial charge in [-0.05, 0) is 25.1 Å². The van der Waals surface area contributed by atoms with Crippen molar-refractivity contribution in [3.8, 4) is 5.75 Å². The highest BCUT2D eigenvalue weighted by atomic mass is 19.1. The quantitative estimate of drug-likeness (QED) is 0.636. The molecule has 0 fully saturated rings. The van der Waals surface area contributed by atoms with Crippen molar-refractivity contribution in [2.75, 3.05) is 12.4 Å². The maximum Gasteiger partial charge on any atom is 0.262 e. The molecule has 1 atom stereocenters. The van der Waals surface area contributed by atoms with Crippen LogP contribution >= 0.6 is 0 Å². The summed E-state index contributed by atoms with van der Waals surface area (Å²) in [6.45, 7) is 1.69. The van der Waals surface area contributed by atoms with Crippen LogP contribution in [0.3, 0.4) is 0 Å². The van der Waals surface area contributed by atoms with E-state index in [9.17, 15) is 9.18 Å². The van der Waals surface area contributed by atoms with Crippen LogP contribution in [0.4, 0.5) is 10.1 Å². The first kappa shape index (κ1) is 16.5.